The van der Waals surface area contributed by atoms with Crippen LogP contribution in [0.5, 0.6) is 5.75 Å². The van der Waals surface area contributed by atoms with Crippen molar-refractivity contribution >= 4 is 11.8 Å². The first-order chi connectivity index (χ1) is 12.5. The molecule has 0 aliphatic carbocycles. The maximum Gasteiger partial charge on any atom is 0.243 e. The first-order valence-corrected chi connectivity index (χ1v) is 9.20. The summed E-state index contributed by atoms with van der Waals surface area (Å²) in [6.07, 6.45) is -0.523. The van der Waals surface area contributed by atoms with Crippen molar-refractivity contribution in [1.29, 1.82) is 0 Å². The van der Waals surface area contributed by atoms with E-state index in [1.165, 1.54) is 4.90 Å². The molecule has 0 spiro atoms. The third-order valence-electron chi connectivity index (χ3n) is 4.96. The van der Waals surface area contributed by atoms with Gasteiger partial charge in [-0.3, -0.25) is 9.59 Å². The third-order valence-corrected chi connectivity index (χ3v) is 4.96. The van der Waals surface area contributed by atoms with Crippen LogP contribution in [0.2, 0.25) is 0 Å². The summed E-state index contributed by atoms with van der Waals surface area (Å²) in [7, 11) is 1.59. The van der Waals surface area contributed by atoms with Crippen molar-refractivity contribution in [2.45, 2.75) is 58.8 Å². The molecular formula is C20H31N3O4. The highest BCUT2D eigenvalue weighted by molar-refractivity contribution is 5.90. The predicted octanol–water partition coefficient (Wildman–Crippen LogP) is 0.955. The Labute approximate surface area is 160 Å². The zero-order valence-corrected chi connectivity index (χ0v) is 16.8. The second kappa shape index (κ2) is 8.27. The molecule has 0 aromatic heterocycles. The lowest BCUT2D eigenvalue weighted by atomic mass is 9.86. The Kier molecular flexibility index (Phi) is 6.49. The van der Waals surface area contributed by atoms with Gasteiger partial charge in [-0.05, 0) is 24.0 Å². The van der Waals surface area contributed by atoms with Crippen molar-refractivity contribution in [3.63, 3.8) is 0 Å². The van der Waals surface area contributed by atoms with Gasteiger partial charge in [-0.25, -0.2) is 0 Å². The van der Waals surface area contributed by atoms with Crippen molar-refractivity contribution in [2.75, 3.05) is 13.7 Å². The maximum atomic E-state index is 12.8. The van der Waals surface area contributed by atoms with Crippen LogP contribution in [0, 0.1) is 12.3 Å². The van der Waals surface area contributed by atoms with Crippen LogP contribution < -0.4 is 15.8 Å². The highest BCUT2D eigenvalue weighted by Crippen LogP contribution is 2.25. The van der Waals surface area contributed by atoms with Gasteiger partial charge in [0.25, 0.3) is 0 Å². The number of nitrogens with zero attached hydrogens (tertiary/aromatic N) is 1. The Hall–Kier alpha value is -2.12. The van der Waals surface area contributed by atoms with Gasteiger partial charge in [0.15, 0.2) is 0 Å². The van der Waals surface area contributed by atoms with E-state index in [-0.39, 0.29) is 31.3 Å². The van der Waals surface area contributed by atoms with E-state index in [9.17, 15) is 14.7 Å². The fourth-order valence-corrected chi connectivity index (χ4v) is 3.15. The number of carbonyl (C=O) groups is 2. The molecule has 0 unspecified atom stereocenters. The summed E-state index contributed by atoms with van der Waals surface area (Å²) < 4.78 is 5.36. The molecule has 2 rings (SSSR count). The monoisotopic (exact) mass is 377 g/mol. The molecule has 7 heteroatoms. The summed E-state index contributed by atoms with van der Waals surface area (Å²) in [4.78, 5) is 26.9. The topological polar surface area (TPSA) is 105 Å². The van der Waals surface area contributed by atoms with Gasteiger partial charge < -0.3 is 25.8 Å². The van der Waals surface area contributed by atoms with E-state index < -0.39 is 23.6 Å². The van der Waals surface area contributed by atoms with Crippen LogP contribution in [0.3, 0.4) is 0 Å². The molecule has 0 radical (unpaired) electrons. The number of hydrogen-bond donors (Lipinski definition) is 3. The van der Waals surface area contributed by atoms with Gasteiger partial charge in [0.2, 0.25) is 11.8 Å². The SMILES string of the molecule is COc1cc(C)ccc1CNC(=O)[C@@H]1C[C@@H](O)CN1C(=O)[C@@H](N)C(C)(C)C. The van der Waals surface area contributed by atoms with Gasteiger partial charge >= 0.3 is 0 Å². The van der Waals surface area contributed by atoms with Gasteiger partial charge in [0, 0.05) is 25.1 Å². The van der Waals surface area contributed by atoms with Gasteiger partial charge in [-0.1, -0.05) is 32.9 Å². The van der Waals surface area contributed by atoms with E-state index in [1.54, 1.807) is 7.11 Å². The summed E-state index contributed by atoms with van der Waals surface area (Å²) in [5.41, 5.74) is 7.56. The summed E-state index contributed by atoms with van der Waals surface area (Å²) in [6, 6.07) is 4.28. The number of hydrogen-bond acceptors (Lipinski definition) is 5. The minimum absolute atomic E-state index is 0.120. The van der Waals surface area contributed by atoms with E-state index in [1.807, 2.05) is 45.9 Å². The Bertz CT molecular complexity index is 699. The first kappa shape index (κ1) is 21.2. The van der Waals surface area contributed by atoms with Gasteiger partial charge in [0.1, 0.15) is 11.8 Å². The highest BCUT2D eigenvalue weighted by Gasteiger charge is 2.42. The normalized spacial score (nSPS) is 21.1. The van der Waals surface area contributed by atoms with Crippen LogP contribution in [0.4, 0.5) is 0 Å². The average Bonchev–Trinajstić information content (AvgIpc) is 3.00. The number of likely N-dealkylation sites (tertiary alicyclic amines) is 1. The van der Waals surface area contributed by atoms with Crippen molar-refractivity contribution in [2.24, 2.45) is 11.1 Å². The number of ether oxygens (including phenoxy) is 1. The van der Waals surface area contributed by atoms with E-state index in [4.69, 9.17) is 10.5 Å². The molecule has 27 heavy (non-hydrogen) atoms. The molecule has 2 amide bonds. The lowest BCUT2D eigenvalue weighted by molar-refractivity contribution is -0.141. The molecule has 3 atom stereocenters. The number of aliphatic hydroxyl groups excluding tert-OH is 1. The highest BCUT2D eigenvalue weighted by atomic mass is 16.5. The second-order valence-electron chi connectivity index (χ2n) is 8.27. The van der Waals surface area contributed by atoms with Crippen LogP contribution in [-0.4, -0.2) is 53.7 Å². The fourth-order valence-electron chi connectivity index (χ4n) is 3.15. The standard InChI is InChI=1S/C20H31N3O4/c1-12-6-7-13(16(8-12)27-5)10-22-18(25)15-9-14(24)11-23(15)19(26)17(21)20(2,3)4/h6-8,14-15,17,24H,9-11,21H2,1-5H3,(H,22,25)/t14-,15+,17-/m1/s1. The molecule has 0 saturated carbocycles. The lowest BCUT2D eigenvalue weighted by Gasteiger charge is -2.32. The minimum Gasteiger partial charge on any atom is -0.496 e. The summed E-state index contributed by atoms with van der Waals surface area (Å²) in [5.74, 6) is 0.0835. The van der Waals surface area contributed by atoms with Crippen molar-refractivity contribution in [3.05, 3.63) is 29.3 Å². The number of β-amino-alcohol motifs (C(OH)–C–C–N with tert-alkyl or cyclic N) is 1. The molecule has 1 aliphatic heterocycles. The van der Waals surface area contributed by atoms with Crippen LogP contribution in [0.25, 0.3) is 0 Å². The summed E-state index contributed by atoms with van der Waals surface area (Å²) >= 11 is 0. The van der Waals surface area contributed by atoms with Gasteiger partial charge in [-0.2, -0.15) is 0 Å². The van der Waals surface area contributed by atoms with Crippen molar-refractivity contribution < 1.29 is 19.4 Å². The average molecular weight is 377 g/mol. The van der Waals surface area contributed by atoms with E-state index in [2.05, 4.69) is 5.32 Å². The molecular weight excluding hydrogens is 346 g/mol. The van der Waals surface area contributed by atoms with Crippen LogP contribution >= 0.6 is 0 Å². The molecule has 0 bridgehead atoms. The largest absolute Gasteiger partial charge is 0.496 e. The van der Waals surface area contributed by atoms with Crippen molar-refractivity contribution in [3.8, 4) is 5.75 Å². The molecule has 1 heterocycles. The number of benzene rings is 1. The molecule has 150 valence electrons. The number of aryl methyl sites for hydroxylation is 1. The number of methoxy groups -OCH3 is 1. The molecule has 1 aromatic carbocycles. The van der Waals surface area contributed by atoms with E-state index >= 15 is 0 Å². The molecule has 4 N–H and O–H groups in total. The maximum absolute atomic E-state index is 12.8. The number of amides is 2. The number of rotatable bonds is 5. The fraction of sp³-hybridized carbons (Fsp3) is 0.600. The van der Waals surface area contributed by atoms with Crippen molar-refractivity contribution in [1.82, 2.24) is 10.2 Å². The van der Waals surface area contributed by atoms with E-state index in [0.29, 0.717) is 5.75 Å². The Morgan fingerprint density at radius 1 is 1.41 bits per heavy atom. The number of aliphatic hydroxyl groups is 1. The van der Waals surface area contributed by atoms with Crippen LogP contribution in [0.15, 0.2) is 18.2 Å². The molecule has 1 fully saturated rings. The smallest absolute Gasteiger partial charge is 0.243 e. The first-order valence-electron chi connectivity index (χ1n) is 9.20. The molecule has 1 aromatic rings. The van der Waals surface area contributed by atoms with Gasteiger partial charge in [0.05, 0.1) is 19.3 Å². The zero-order chi connectivity index (χ0) is 20.4. The Morgan fingerprint density at radius 2 is 2.07 bits per heavy atom. The van der Waals surface area contributed by atoms with Crippen LogP contribution in [-0.2, 0) is 16.1 Å². The number of carbonyl (C=O) groups excluding carboxylic acids is 2. The van der Waals surface area contributed by atoms with Gasteiger partial charge in [-0.15, -0.1) is 0 Å². The zero-order valence-electron chi connectivity index (χ0n) is 16.8. The van der Waals surface area contributed by atoms with E-state index in [0.717, 1.165) is 11.1 Å². The Morgan fingerprint density at radius 3 is 2.67 bits per heavy atom. The van der Waals surface area contributed by atoms with Crippen LogP contribution in [0.1, 0.15) is 38.3 Å². The predicted molar refractivity (Wildman–Crippen MR) is 103 cm³/mol. The summed E-state index contributed by atoms with van der Waals surface area (Å²) in [6.45, 7) is 7.99. The molecule has 1 saturated heterocycles. The Balaban J connectivity index is 2.09. The number of nitrogens with one attached hydrogen (secondary N) is 1. The molecule has 1 aliphatic rings. The summed E-state index contributed by atoms with van der Waals surface area (Å²) in [5, 5.41) is 12.9. The second-order valence-corrected chi connectivity index (χ2v) is 8.27. The third kappa shape index (κ3) is 4.99. The number of nitrogens with two attached hydrogens (primary N) is 1. The minimum atomic E-state index is -0.740. The molecule has 7 nitrogen and oxygen atoms in total. The quantitative estimate of drug-likeness (QED) is 0.709. The lowest BCUT2D eigenvalue weighted by Crippen LogP contribution is -2.54.